The number of hydrogen-bond donors (Lipinski definition) is 1. The maximum absolute atomic E-state index is 14.0. The van der Waals surface area contributed by atoms with E-state index in [2.05, 4.69) is 5.32 Å². The lowest BCUT2D eigenvalue weighted by Gasteiger charge is -2.33. The topological polar surface area (TPSA) is 96.0 Å². The molecule has 0 bridgehead atoms. The summed E-state index contributed by atoms with van der Waals surface area (Å²) in [5, 5.41) is 3.53. The van der Waals surface area contributed by atoms with Crippen LogP contribution in [0.15, 0.2) is 71.6 Å². The standard InChI is InChI=1S/C30H34Cl2FN3O5S/c1-6-41-25-13-15-26(16-14-25)42(39,40)36(24-11-9-23(33)10-12-24)19-28(37)35(20(2)29(38)34-30(3,4)5)18-21-7-8-22(31)17-27(21)32/h7-17,20H,6,18-19H2,1-5H3,(H,34,38). The lowest BCUT2D eigenvalue weighted by molar-refractivity contribution is -0.140. The quantitative estimate of drug-likeness (QED) is 0.276. The smallest absolute Gasteiger partial charge is 0.264 e. The minimum atomic E-state index is -4.32. The van der Waals surface area contributed by atoms with Crippen LogP contribution in [0.3, 0.4) is 0 Å². The Morgan fingerprint density at radius 3 is 2.17 bits per heavy atom. The molecular weight excluding hydrogens is 604 g/mol. The molecule has 0 aliphatic rings. The van der Waals surface area contributed by atoms with Crippen molar-refractivity contribution in [3.05, 3.63) is 88.2 Å². The summed E-state index contributed by atoms with van der Waals surface area (Å²) in [5.41, 5.74) is -0.0165. The molecule has 42 heavy (non-hydrogen) atoms. The van der Waals surface area contributed by atoms with E-state index < -0.39 is 45.8 Å². The van der Waals surface area contributed by atoms with Crippen LogP contribution in [0.4, 0.5) is 10.1 Å². The van der Waals surface area contributed by atoms with Gasteiger partial charge >= 0.3 is 0 Å². The van der Waals surface area contributed by atoms with Gasteiger partial charge in [-0.05, 0) is 101 Å². The zero-order valence-corrected chi connectivity index (χ0v) is 26.4. The van der Waals surface area contributed by atoms with Crippen molar-refractivity contribution in [2.45, 2.75) is 57.6 Å². The predicted octanol–water partition coefficient (Wildman–Crippen LogP) is 6.06. The van der Waals surface area contributed by atoms with E-state index >= 15 is 0 Å². The van der Waals surface area contributed by atoms with E-state index in [-0.39, 0.29) is 22.2 Å². The highest BCUT2D eigenvalue weighted by molar-refractivity contribution is 7.92. The van der Waals surface area contributed by atoms with Crippen molar-refractivity contribution in [2.24, 2.45) is 0 Å². The van der Waals surface area contributed by atoms with Crippen LogP contribution in [0.25, 0.3) is 0 Å². The number of nitrogens with zero attached hydrogens (tertiary/aromatic N) is 2. The molecule has 3 rings (SSSR count). The SMILES string of the molecule is CCOc1ccc(S(=O)(=O)N(CC(=O)N(Cc2ccc(Cl)cc2Cl)C(C)C(=O)NC(C)(C)C)c2ccc(F)cc2)cc1. The molecular formula is C30H34Cl2FN3O5S. The van der Waals surface area contributed by atoms with Crippen molar-refractivity contribution in [1.82, 2.24) is 10.2 Å². The summed E-state index contributed by atoms with van der Waals surface area (Å²) in [5.74, 6) is -1.22. The Morgan fingerprint density at radius 1 is 1.00 bits per heavy atom. The van der Waals surface area contributed by atoms with Crippen LogP contribution in [-0.4, -0.2) is 49.9 Å². The van der Waals surface area contributed by atoms with Crippen molar-refractivity contribution in [3.8, 4) is 5.75 Å². The largest absolute Gasteiger partial charge is 0.494 e. The van der Waals surface area contributed by atoms with E-state index in [1.54, 1.807) is 46.8 Å². The van der Waals surface area contributed by atoms with Crippen LogP contribution in [0.2, 0.25) is 10.0 Å². The Hall–Kier alpha value is -3.34. The Balaban J connectivity index is 2.05. The number of halogens is 3. The van der Waals surface area contributed by atoms with Gasteiger partial charge < -0.3 is 15.0 Å². The Kier molecular flexibility index (Phi) is 10.9. The second-order valence-corrected chi connectivity index (χ2v) is 13.3. The van der Waals surface area contributed by atoms with Gasteiger partial charge in [-0.25, -0.2) is 12.8 Å². The minimum absolute atomic E-state index is 0.0647. The monoisotopic (exact) mass is 637 g/mol. The van der Waals surface area contributed by atoms with E-state index in [0.717, 1.165) is 16.4 Å². The number of rotatable bonds is 11. The third-order valence-corrected chi connectivity index (χ3v) is 8.51. The number of amides is 2. The summed E-state index contributed by atoms with van der Waals surface area (Å²) in [6.45, 7) is 8.38. The van der Waals surface area contributed by atoms with Crippen LogP contribution in [0.1, 0.15) is 40.2 Å². The molecule has 3 aromatic carbocycles. The summed E-state index contributed by atoms with van der Waals surface area (Å²) in [4.78, 5) is 28.3. The summed E-state index contributed by atoms with van der Waals surface area (Å²) < 4.78 is 47.9. The molecule has 0 aliphatic heterocycles. The van der Waals surface area contributed by atoms with Gasteiger partial charge in [0, 0.05) is 22.1 Å². The Morgan fingerprint density at radius 2 is 1.62 bits per heavy atom. The highest BCUT2D eigenvalue weighted by Gasteiger charge is 2.33. The first-order chi connectivity index (χ1) is 19.6. The minimum Gasteiger partial charge on any atom is -0.494 e. The van der Waals surface area contributed by atoms with Crippen molar-refractivity contribution < 1.29 is 27.1 Å². The number of sulfonamides is 1. The first-order valence-electron chi connectivity index (χ1n) is 13.2. The molecule has 0 fully saturated rings. The Labute approximate surface area is 256 Å². The van der Waals surface area contributed by atoms with Gasteiger partial charge in [0.05, 0.1) is 17.2 Å². The van der Waals surface area contributed by atoms with E-state index in [9.17, 15) is 22.4 Å². The lowest BCUT2D eigenvalue weighted by atomic mass is 10.1. The molecule has 0 aliphatic carbocycles. The van der Waals surface area contributed by atoms with Crippen molar-refractivity contribution in [1.29, 1.82) is 0 Å². The second kappa shape index (κ2) is 13.8. The highest BCUT2D eigenvalue weighted by Crippen LogP contribution is 2.27. The Bertz CT molecular complexity index is 1510. The molecule has 2 amide bonds. The van der Waals surface area contributed by atoms with E-state index in [1.165, 1.54) is 47.4 Å². The molecule has 12 heteroatoms. The first-order valence-corrected chi connectivity index (χ1v) is 15.4. The fourth-order valence-corrected chi connectivity index (χ4v) is 5.91. The summed E-state index contributed by atoms with van der Waals surface area (Å²) in [7, 11) is -4.32. The fraction of sp³-hybridized carbons (Fsp3) is 0.333. The predicted molar refractivity (Wildman–Crippen MR) is 163 cm³/mol. The number of ether oxygens (including phenoxy) is 1. The van der Waals surface area contributed by atoms with Gasteiger partial charge in [0.2, 0.25) is 11.8 Å². The lowest BCUT2D eigenvalue weighted by Crippen LogP contribution is -2.54. The molecule has 8 nitrogen and oxygen atoms in total. The molecule has 226 valence electrons. The summed E-state index contributed by atoms with van der Waals surface area (Å²) in [6.07, 6.45) is 0. The maximum Gasteiger partial charge on any atom is 0.264 e. The van der Waals surface area contributed by atoms with Gasteiger partial charge in [0.15, 0.2) is 0 Å². The normalized spacial score (nSPS) is 12.4. The first kappa shape index (κ1) is 33.2. The van der Waals surface area contributed by atoms with Crippen LogP contribution < -0.4 is 14.4 Å². The van der Waals surface area contributed by atoms with Gasteiger partial charge in [-0.3, -0.25) is 13.9 Å². The average Bonchev–Trinajstić information content (AvgIpc) is 2.91. The van der Waals surface area contributed by atoms with Crippen LogP contribution in [0, 0.1) is 5.82 Å². The maximum atomic E-state index is 14.0. The molecule has 0 heterocycles. The van der Waals surface area contributed by atoms with Gasteiger partial charge in [0.25, 0.3) is 10.0 Å². The number of nitrogens with one attached hydrogen (secondary N) is 1. The molecule has 1 atom stereocenters. The number of carbonyl (C=O) groups is 2. The molecule has 0 radical (unpaired) electrons. The average molecular weight is 639 g/mol. The zero-order valence-electron chi connectivity index (χ0n) is 24.0. The van der Waals surface area contributed by atoms with Crippen molar-refractivity contribution in [2.75, 3.05) is 17.5 Å². The van der Waals surface area contributed by atoms with Crippen LogP contribution in [-0.2, 0) is 26.2 Å². The van der Waals surface area contributed by atoms with Crippen LogP contribution >= 0.6 is 23.2 Å². The summed E-state index contributed by atoms with van der Waals surface area (Å²) in [6, 6.07) is 14.2. The van der Waals surface area contributed by atoms with Gasteiger partial charge in [0.1, 0.15) is 24.2 Å². The number of carbonyl (C=O) groups excluding carboxylic acids is 2. The van der Waals surface area contributed by atoms with Crippen molar-refractivity contribution >= 4 is 50.7 Å². The van der Waals surface area contributed by atoms with E-state index in [1.807, 2.05) is 0 Å². The molecule has 0 spiro atoms. The molecule has 0 saturated heterocycles. The van der Waals surface area contributed by atoms with Crippen molar-refractivity contribution in [3.63, 3.8) is 0 Å². The number of benzene rings is 3. The zero-order chi connectivity index (χ0) is 31.2. The second-order valence-electron chi connectivity index (χ2n) is 10.6. The van der Waals surface area contributed by atoms with Gasteiger partial charge in [-0.1, -0.05) is 29.3 Å². The third-order valence-electron chi connectivity index (χ3n) is 6.14. The summed E-state index contributed by atoms with van der Waals surface area (Å²) >= 11 is 12.4. The molecule has 1 unspecified atom stereocenters. The van der Waals surface area contributed by atoms with Gasteiger partial charge in [-0.2, -0.15) is 0 Å². The highest BCUT2D eigenvalue weighted by atomic mass is 35.5. The van der Waals surface area contributed by atoms with Gasteiger partial charge in [-0.15, -0.1) is 0 Å². The molecule has 0 saturated carbocycles. The molecule has 1 N–H and O–H groups in total. The van der Waals surface area contributed by atoms with E-state index in [0.29, 0.717) is 22.9 Å². The molecule has 0 aromatic heterocycles. The fourth-order valence-electron chi connectivity index (χ4n) is 4.03. The number of anilines is 1. The third kappa shape index (κ3) is 8.59. The molecule has 3 aromatic rings. The number of hydrogen-bond acceptors (Lipinski definition) is 5. The van der Waals surface area contributed by atoms with Crippen LogP contribution in [0.5, 0.6) is 5.75 Å². The van der Waals surface area contributed by atoms with E-state index in [4.69, 9.17) is 27.9 Å².